The van der Waals surface area contributed by atoms with Crippen molar-refractivity contribution in [2.45, 2.75) is 110 Å². The average Bonchev–Trinajstić information content (AvgIpc) is 2.58. The van der Waals surface area contributed by atoms with Crippen LogP contribution in [-0.4, -0.2) is 27.5 Å². The predicted molar refractivity (Wildman–Crippen MR) is 110 cm³/mol. The third-order valence-corrected chi connectivity index (χ3v) is 5.05. The fraction of sp³-hybridized carbons (Fsp3) is 0.857. The Hall–Kier alpha value is -1.39. The number of carboxylic acid groups (broad SMARTS) is 1. The molecule has 1 heterocycles. The number of unbranched alkanes of at least 4 members (excludes halogenated alkanes) is 15. The van der Waals surface area contributed by atoms with E-state index >= 15 is 0 Å². The molecule has 0 saturated carbocycles. The Bertz CT molecular complexity index is 428. The van der Waals surface area contributed by atoms with Gasteiger partial charge in [-0.15, -0.1) is 0 Å². The molecule has 0 saturated heterocycles. The zero-order valence-electron chi connectivity index (χ0n) is 16.9. The van der Waals surface area contributed by atoms with Gasteiger partial charge in [-0.05, 0) is 6.42 Å². The smallest absolute Gasteiger partial charge is 0.430 e. The molecular weight excluding hydrogens is 326 g/mol. The van der Waals surface area contributed by atoms with Crippen LogP contribution in [-0.2, 0) is 0 Å². The van der Waals surface area contributed by atoms with E-state index in [1.54, 1.807) is 6.20 Å². The first-order chi connectivity index (χ1) is 12.7. The number of nitrogens with zero attached hydrogens (tertiary/aromatic N) is 1. The van der Waals surface area contributed by atoms with Crippen LogP contribution < -0.4 is 5.32 Å². The van der Waals surface area contributed by atoms with E-state index in [1.807, 2.05) is 0 Å². The number of hydrogen-bond acceptors (Lipinski definition) is 2. The number of anilines is 1. The molecular formula is C21H41N3O2. The molecule has 5 nitrogen and oxygen atoms in total. The van der Waals surface area contributed by atoms with Crippen molar-refractivity contribution in [3.05, 3.63) is 6.20 Å². The zero-order chi connectivity index (χ0) is 18.9. The summed E-state index contributed by atoms with van der Waals surface area (Å²) in [6.07, 6.45) is 22.7. The van der Waals surface area contributed by atoms with Crippen molar-refractivity contribution in [3.63, 3.8) is 0 Å². The largest absolute Gasteiger partial charge is 0.463 e. The van der Waals surface area contributed by atoms with E-state index in [0.29, 0.717) is 0 Å². The highest BCUT2D eigenvalue weighted by Gasteiger charge is 2.05. The summed E-state index contributed by atoms with van der Waals surface area (Å²) >= 11 is 0. The van der Waals surface area contributed by atoms with E-state index in [9.17, 15) is 4.79 Å². The maximum atomic E-state index is 10.6. The minimum absolute atomic E-state index is 0.799. The van der Waals surface area contributed by atoms with Gasteiger partial charge >= 0.3 is 6.09 Å². The van der Waals surface area contributed by atoms with Gasteiger partial charge in [-0.3, -0.25) is 5.10 Å². The number of carbonyl (C=O) groups is 1. The van der Waals surface area contributed by atoms with Crippen molar-refractivity contribution in [2.24, 2.45) is 0 Å². The van der Waals surface area contributed by atoms with Crippen LogP contribution in [0.5, 0.6) is 0 Å². The van der Waals surface area contributed by atoms with Gasteiger partial charge in [-0.2, -0.15) is 4.68 Å². The van der Waals surface area contributed by atoms with Crippen molar-refractivity contribution in [2.75, 3.05) is 11.9 Å². The lowest BCUT2D eigenvalue weighted by Crippen LogP contribution is -2.20. The van der Waals surface area contributed by atoms with Gasteiger partial charge in [0.2, 0.25) is 0 Å². The van der Waals surface area contributed by atoms with E-state index in [4.69, 9.17) is 5.11 Å². The molecule has 5 heteroatoms. The van der Waals surface area contributed by atoms with Gasteiger partial charge in [-0.1, -0.05) is 103 Å². The molecule has 1 aromatic rings. The average molecular weight is 368 g/mol. The molecule has 0 aromatic carbocycles. The Labute approximate surface area is 159 Å². The van der Waals surface area contributed by atoms with Crippen molar-refractivity contribution in [1.82, 2.24) is 9.78 Å². The SMILES string of the molecule is CCCCCCCCCCCCCCCCCCNc1cn(C(=O)O)[nH]1. The molecule has 0 unspecified atom stereocenters. The van der Waals surface area contributed by atoms with E-state index in [2.05, 4.69) is 17.3 Å². The van der Waals surface area contributed by atoms with Crippen LogP contribution >= 0.6 is 0 Å². The predicted octanol–water partition coefficient (Wildman–Crippen LogP) is 7.02. The minimum atomic E-state index is -0.974. The molecule has 0 bridgehead atoms. The van der Waals surface area contributed by atoms with Crippen LogP contribution in [0.25, 0.3) is 0 Å². The number of aromatic amines is 1. The van der Waals surface area contributed by atoms with Gasteiger partial charge in [0.1, 0.15) is 5.82 Å². The van der Waals surface area contributed by atoms with Gasteiger partial charge in [0, 0.05) is 6.54 Å². The summed E-state index contributed by atoms with van der Waals surface area (Å²) in [6.45, 7) is 3.19. The molecule has 0 aliphatic heterocycles. The summed E-state index contributed by atoms with van der Waals surface area (Å²) in [5, 5.41) is 14.6. The molecule has 1 aromatic heterocycles. The van der Waals surface area contributed by atoms with Gasteiger partial charge in [0.05, 0.1) is 6.20 Å². The highest BCUT2D eigenvalue weighted by Crippen LogP contribution is 2.14. The molecule has 0 aliphatic rings. The first kappa shape index (κ1) is 22.7. The molecule has 0 fully saturated rings. The second-order valence-electron chi connectivity index (χ2n) is 7.54. The van der Waals surface area contributed by atoms with Gasteiger partial charge in [0.25, 0.3) is 0 Å². The fourth-order valence-electron chi connectivity index (χ4n) is 3.34. The Morgan fingerprint density at radius 2 is 1.23 bits per heavy atom. The first-order valence-electron chi connectivity index (χ1n) is 11.0. The number of rotatable bonds is 18. The Morgan fingerprint density at radius 3 is 1.62 bits per heavy atom. The summed E-state index contributed by atoms with van der Waals surface area (Å²) in [5.41, 5.74) is 0. The molecule has 26 heavy (non-hydrogen) atoms. The highest BCUT2D eigenvalue weighted by atomic mass is 16.4. The maximum absolute atomic E-state index is 10.6. The zero-order valence-corrected chi connectivity index (χ0v) is 16.9. The van der Waals surface area contributed by atoms with Crippen molar-refractivity contribution in [1.29, 1.82) is 0 Å². The number of hydrogen-bond donors (Lipinski definition) is 3. The van der Waals surface area contributed by atoms with Gasteiger partial charge < -0.3 is 10.4 Å². The molecule has 0 aliphatic carbocycles. The number of nitrogens with one attached hydrogen (secondary N) is 2. The lowest BCUT2D eigenvalue weighted by Gasteiger charge is -2.13. The molecule has 152 valence electrons. The van der Waals surface area contributed by atoms with Crippen molar-refractivity contribution >= 4 is 11.9 Å². The molecule has 3 N–H and O–H groups in total. The third-order valence-electron chi connectivity index (χ3n) is 5.05. The molecule has 0 radical (unpaired) electrons. The summed E-state index contributed by atoms with van der Waals surface area (Å²) in [4.78, 5) is 10.6. The first-order valence-corrected chi connectivity index (χ1v) is 11.0. The Balaban J connectivity index is 1.70. The summed E-state index contributed by atoms with van der Waals surface area (Å²) in [6, 6.07) is 0. The molecule has 0 atom stereocenters. The van der Waals surface area contributed by atoms with Crippen LogP contribution in [0.1, 0.15) is 110 Å². The maximum Gasteiger partial charge on any atom is 0.430 e. The van der Waals surface area contributed by atoms with E-state index in [1.165, 1.54) is 96.3 Å². The fourth-order valence-corrected chi connectivity index (χ4v) is 3.34. The topological polar surface area (TPSA) is 70.1 Å². The minimum Gasteiger partial charge on any atom is -0.463 e. The normalized spacial score (nSPS) is 11.1. The quantitative estimate of drug-likeness (QED) is 0.244. The van der Waals surface area contributed by atoms with Crippen molar-refractivity contribution in [3.8, 4) is 0 Å². The van der Waals surface area contributed by atoms with Crippen LogP contribution in [0.2, 0.25) is 0 Å². The van der Waals surface area contributed by atoms with Crippen LogP contribution in [0.3, 0.4) is 0 Å². The standard InChI is InChI=1S/C21H41N3O2/c1-2-3-4-5-6-7-8-9-10-11-12-13-14-15-16-17-18-22-20-19-24(23-20)21(25)26/h19,22-23H,2-18H2,1H3,(H,25,26). The summed E-state index contributed by atoms with van der Waals surface area (Å²) in [5.74, 6) is 0.799. The number of aromatic nitrogens is 2. The van der Waals surface area contributed by atoms with Crippen molar-refractivity contribution < 1.29 is 9.90 Å². The summed E-state index contributed by atoms with van der Waals surface area (Å²) in [7, 11) is 0. The molecule has 0 spiro atoms. The van der Waals surface area contributed by atoms with Crippen LogP contribution in [0.15, 0.2) is 6.20 Å². The Kier molecular flexibility index (Phi) is 13.8. The second kappa shape index (κ2) is 15.8. The third kappa shape index (κ3) is 12.0. The second-order valence-corrected chi connectivity index (χ2v) is 7.54. The van der Waals surface area contributed by atoms with Gasteiger partial charge in [-0.25, -0.2) is 4.79 Å². The molecule has 0 amide bonds. The molecule has 1 rings (SSSR count). The lowest BCUT2D eigenvalue weighted by molar-refractivity contribution is 0.191. The summed E-state index contributed by atoms with van der Waals surface area (Å²) < 4.78 is 1.05. The Morgan fingerprint density at radius 1 is 0.846 bits per heavy atom. The lowest BCUT2D eigenvalue weighted by atomic mass is 10.0. The van der Waals surface area contributed by atoms with Crippen LogP contribution in [0, 0.1) is 0 Å². The van der Waals surface area contributed by atoms with E-state index in [0.717, 1.165) is 23.5 Å². The highest BCUT2D eigenvalue weighted by molar-refractivity contribution is 5.68. The van der Waals surface area contributed by atoms with E-state index < -0.39 is 6.09 Å². The van der Waals surface area contributed by atoms with Gasteiger partial charge in [0.15, 0.2) is 0 Å². The van der Waals surface area contributed by atoms with Crippen LogP contribution in [0.4, 0.5) is 10.6 Å². The monoisotopic (exact) mass is 367 g/mol. The number of H-pyrrole nitrogens is 1. The van der Waals surface area contributed by atoms with E-state index in [-0.39, 0.29) is 0 Å².